The molecule has 0 spiro atoms. The molecule has 4 nitrogen and oxygen atoms in total. The molecule has 0 aliphatic rings. The zero-order valence-electron chi connectivity index (χ0n) is 9.26. The number of amides is 1. The molecule has 0 saturated heterocycles. The summed E-state index contributed by atoms with van der Waals surface area (Å²) in [6.45, 7) is 10.8. The van der Waals surface area contributed by atoms with Crippen LogP contribution in [0.1, 0.15) is 26.7 Å². The van der Waals surface area contributed by atoms with E-state index in [1.807, 2.05) is 6.92 Å². The predicted molar refractivity (Wildman–Crippen MR) is 58.0 cm³/mol. The van der Waals surface area contributed by atoms with Gasteiger partial charge in [0.1, 0.15) is 0 Å². The molecule has 0 rings (SSSR count). The lowest BCUT2D eigenvalue weighted by molar-refractivity contribution is -0.131. The smallest absolute Gasteiger partial charge is 0.278 e. The van der Waals surface area contributed by atoms with Gasteiger partial charge in [-0.1, -0.05) is 26.5 Å². The van der Waals surface area contributed by atoms with Crippen LogP contribution in [0.4, 0.5) is 0 Å². The SMILES string of the molecule is C=C(C)C(=O)C(=C)C(=O)NOCCCC. The molecule has 0 aromatic heterocycles. The van der Waals surface area contributed by atoms with Crippen LogP contribution >= 0.6 is 0 Å². The highest BCUT2D eigenvalue weighted by molar-refractivity contribution is 6.24. The van der Waals surface area contributed by atoms with E-state index in [4.69, 9.17) is 4.84 Å². The Labute approximate surface area is 89.9 Å². The summed E-state index contributed by atoms with van der Waals surface area (Å²) in [4.78, 5) is 27.4. The first-order chi connectivity index (χ1) is 7.00. The van der Waals surface area contributed by atoms with Gasteiger partial charge in [-0.05, 0) is 18.9 Å². The molecule has 0 aliphatic heterocycles. The quantitative estimate of drug-likeness (QED) is 0.228. The van der Waals surface area contributed by atoms with Crippen molar-refractivity contribution in [2.24, 2.45) is 0 Å². The van der Waals surface area contributed by atoms with Crippen LogP contribution in [0.2, 0.25) is 0 Å². The Morgan fingerprint density at radius 1 is 1.33 bits per heavy atom. The summed E-state index contributed by atoms with van der Waals surface area (Å²) in [7, 11) is 0. The van der Waals surface area contributed by atoms with Gasteiger partial charge >= 0.3 is 0 Å². The highest BCUT2D eigenvalue weighted by Gasteiger charge is 2.15. The lowest BCUT2D eigenvalue weighted by atomic mass is 10.1. The van der Waals surface area contributed by atoms with E-state index in [0.717, 1.165) is 12.8 Å². The van der Waals surface area contributed by atoms with Crippen molar-refractivity contribution in [3.05, 3.63) is 24.3 Å². The van der Waals surface area contributed by atoms with E-state index in [-0.39, 0.29) is 11.1 Å². The predicted octanol–water partition coefficient (Wildman–Crippen LogP) is 1.54. The topological polar surface area (TPSA) is 55.4 Å². The molecule has 0 aromatic rings. The first-order valence-electron chi connectivity index (χ1n) is 4.82. The molecule has 15 heavy (non-hydrogen) atoms. The Morgan fingerprint density at radius 2 is 1.93 bits per heavy atom. The third kappa shape index (κ3) is 5.12. The van der Waals surface area contributed by atoms with Crippen LogP contribution in [-0.2, 0) is 14.4 Å². The zero-order valence-corrected chi connectivity index (χ0v) is 9.26. The summed E-state index contributed by atoms with van der Waals surface area (Å²) in [5.41, 5.74) is 2.28. The molecule has 0 heterocycles. The molecule has 4 heteroatoms. The molecule has 0 aliphatic carbocycles. The minimum atomic E-state index is -0.612. The van der Waals surface area contributed by atoms with Crippen molar-refractivity contribution in [1.29, 1.82) is 0 Å². The summed E-state index contributed by atoms with van der Waals surface area (Å²) in [5, 5.41) is 0. The zero-order chi connectivity index (χ0) is 11.8. The molecule has 0 aromatic carbocycles. The maximum atomic E-state index is 11.3. The van der Waals surface area contributed by atoms with E-state index in [1.54, 1.807) is 0 Å². The summed E-state index contributed by atoms with van der Waals surface area (Å²) in [6.07, 6.45) is 1.82. The number of unbranched alkanes of at least 4 members (excludes halogenated alkanes) is 1. The largest absolute Gasteiger partial charge is 0.289 e. The number of carbonyl (C=O) groups is 2. The first-order valence-corrected chi connectivity index (χ1v) is 4.82. The van der Waals surface area contributed by atoms with Crippen LogP contribution in [0, 0.1) is 0 Å². The number of carbonyl (C=O) groups excluding carboxylic acids is 2. The van der Waals surface area contributed by atoms with E-state index in [0.29, 0.717) is 6.61 Å². The number of hydrogen-bond acceptors (Lipinski definition) is 3. The van der Waals surface area contributed by atoms with Crippen molar-refractivity contribution < 1.29 is 14.4 Å². The minimum absolute atomic E-state index is 0.154. The molecular weight excluding hydrogens is 194 g/mol. The van der Waals surface area contributed by atoms with Crippen molar-refractivity contribution in [2.75, 3.05) is 6.61 Å². The Kier molecular flexibility index (Phi) is 6.29. The van der Waals surface area contributed by atoms with Crippen LogP contribution in [0.25, 0.3) is 0 Å². The van der Waals surface area contributed by atoms with Gasteiger partial charge < -0.3 is 0 Å². The van der Waals surface area contributed by atoms with E-state index in [2.05, 4.69) is 18.6 Å². The Balaban J connectivity index is 3.95. The van der Waals surface area contributed by atoms with Crippen LogP contribution < -0.4 is 5.48 Å². The fraction of sp³-hybridized carbons (Fsp3) is 0.455. The minimum Gasteiger partial charge on any atom is -0.289 e. The lowest BCUT2D eigenvalue weighted by Gasteiger charge is -2.06. The van der Waals surface area contributed by atoms with Crippen LogP contribution in [-0.4, -0.2) is 18.3 Å². The van der Waals surface area contributed by atoms with E-state index in [9.17, 15) is 9.59 Å². The molecule has 1 amide bonds. The van der Waals surface area contributed by atoms with Crippen molar-refractivity contribution in [3.8, 4) is 0 Å². The average Bonchev–Trinajstić information content (AvgIpc) is 2.21. The molecule has 0 atom stereocenters. The van der Waals surface area contributed by atoms with Crippen molar-refractivity contribution in [3.63, 3.8) is 0 Å². The number of nitrogens with one attached hydrogen (secondary N) is 1. The van der Waals surface area contributed by atoms with Gasteiger partial charge in [-0.15, -0.1) is 0 Å². The molecule has 84 valence electrons. The maximum Gasteiger partial charge on any atom is 0.278 e. The number of Topliss-reactive ketones (excluding diaryl/α,β-unsaturated/α-hetero) is 1. The Hall–Kier alpha value is -1.42. The van der Waals surface area contributed by atoms with E-state index < -0.39 is 11.7 Å². The standard InChI is InChI=1S/C11H17NO3/c1-5-6-7-15-12-11(14)9(4)10(13)8(2)3/h2,4-7H2,1,3H3,(H,12,14). The monoisotopic (exact) mass is 211 g/mol. The number of rotatable bonds is 7. The number of ketones is 1. The first kappa shape index (κ1) is 13.6. The maximum absolute atomic E-state index is 11.3. The van der Waals surface area contributed by atoms with E-state index in [1.165, 1.54) is 6.92 Å². The molecule has 0 saturated carbocycles. The van der Waals surface area contributed by atoms with Gasteiger partial charge in [0.15, 0.2) is 5.78 Å². The number of allylic oxidation sites excluding steroid dienone is 1. The average molecular weight is 211 g/mol. The molecule has 0 bridgehead atoms. The van der Waals surface area contributed by atoms with Crippen molar-refractivity contribution in [2.45, 2.75) is 26.7 Å². The molecule has 1 N–H and O–H groups in total. The van der Waals surface area contributed by atoms with Gasteiger partial charge in [-0.3, -0.25) is 14.4 Å². The van der Waals surface area contributed by atoms with Gasteiger partial charge in [0.25, 0.3) is 5.91 Å². The van der Waals surface area contributed by atoms with Gasteiger partial charge in [0.2, 0.25) is 0 Å². The van der Waals surface area contributed by atoms with Gasteiger partial charge in [0, 0.05) is 0 Å². The van der Waals surface area contributed by atoms with Crippen LogP contribution in [0.5, 0.6) is 0 Å². The van der Waals surface area contributed by atoms with Gasteiger partial charge in [-0.25, -0.2) is 5.48 Å². The normalized spacial score (nSPS) is 9.47. The van der Waals surface area contributed by atoms with Crippen molar-refractivity contribution >= 4 is 11.7 Å². The fourth-order valence-electron chi connectivity index (χ4n) is 0.755. The summed E-state index contributed by atoms with van der Waals surface area (Å²) >= 11 is 0. The van der Waals surface area contributed by atoms with Crippen molar-refractivity contribution in [1.82, 2.24) is 5.48 Å². The number of hydroxylamine groups is 1. The van der Waals surface area contributed by atoms with Gasteiger partial charge in [-0.2, -0.15) is 0 Å². The van der Waals surface area contributed by atoms with Crippen LogP contribution in [0.3, 0.4) is 0 Å². The summed E-state index contributed by atoms with van der Waals surface area (Å²) in [5.74, 6) is -1.06. The van der Waals surface area contributed by atoms with Crippen LogP contribution in [0.15, 0.2) is 24.3 Å². The Bertz CT molecular complexity index is 282. The summed E-state index contributed by atoms with van der Waals surface area (Å²) < 4.78 is 0. The van der Waals surface area contributed by atoms with E-state index >= 15 is 0 Å². The van der Waals surface area contributed by atoms with Gasteiger partial charge in [0.05, 0.1) is 12.2 Å². The fourth-order valence-corrected chi connectivity index (χ4v) is 0.755. The molecule has 0 fully saturated rings. The second-order valence-electron chi connectivity index (χ2n) is 3.22. The highest BCUT2D eigenvalue weighted by atomic mass is 16.6. The molecule has 0 unspecified atom stereocenters. The second-order valence-corrected chi connectivity index (χ2v) is 3.22. The number of hydrogen-bond donors (Lipinski definition) is 1. The summed E-state index contributed by atoms with van der Waals surface area (Å²) in [6, 6.07) is 0. The Morgan fingerprint density at radius 3 is 2.40 bits per heavy atom. The lowest BCUT2D eigenvalue weighted by Crippen LogP contribution is -2.28. The second kappa shape index (κ2) is 6.95. The molecule has 0 radical (unpaired) electrons. The third-order valence-electron chi connectivity index (χ3n) is 1.70. The third-order valence-corrected chi connectivity index (χ3v) is 1.70. The highest BCUT2D eigenvalue weighted by Crippen LogP contribution is 2.01. The molecular formula is C11H17NO3.